The zero-order chi connectivity index (χ0) is 11.0. The monoisotopic (exact) mass is 206 g/mol. The van der Waals surface area contributed by atoms with E-state index in [4.69, 9.17) is 5.73 Å². The lowest BCUT2D eigenvalue weighted by Crippen LogP contribution is -2.37. The van der Waals surface area contributed by atoms with Gasteiger partial charge in [-0.15, -0.1) is 0 Å². The van der Waals surface area contributed by atoms with Crippen LogP contribution in [0.1, 0.15) is 30.9 Å². The topological polar surface area (TPSA) is 55.0 Å². The Labute approximate surface area is 90.5 Å². The molecule has 0 atom stereocenters. The van der Waals surface area contributed by atoms with Crippen LogP contribution < -0.4 is 5.73 Å². The average molecular weight is 206 g/mol. The molecule has 0 unspecified atom stereocenters. The molecule has 0 aromatic carbocycles. The third kappa shape index (κ3) is 1.95. The molecule has 0 spiro atoms. The maximum absolute atomic E-state index is 5.89. The van der Waals surface area contributed by atoms with E-state index in [1.807, 2.05) is 6.92 Å². The predicted octanol–water partition coefficient (Wildman–Crippen LogP) is 1.13. The smallest absolute Gasteiger partial charge is 0.130 e. The second-order valence-electron chi connectivity index (χ2n) is 4.40. The first-order valence-corrected chi connectivity index (χ1v) is 5.44. The number of nitrogens with two attached hydrogens (primary N) is 1. The Bertz CT molecular complexity index is 373. The minimum Gasteiger partial charge on any atom is -0.383 e. The summed E-state index contributed by atoms with van der Waals surface area (Å²) in [5.74, 6) is 1.44. The van der Waals surface area contributed by atoms with Gasteiger partial charge in [0.2, 0.25) is 0 Å². The van der Waals surface area contributed by atoms with Crippen LogP contribution in [-0.4, -0.2) is 27.5 Å². The lowest BCUT2D eigenvalue weighted by Gasteiger charge is -2.31. The molecule has 82 valence electrons. The van der Waals surface area contributed by atoms with Crippen LogP contribution in [-0.2, 0) is 13.0 Å². The zero-order valence-corrected chi connectivity index (χ0v) is 9.62. The highest BCUT2D eigenvalue weighted by atomic mass is 15.2. The first-order chi connectivity index (χ1) is 7.08. The van der Waals surface area contributed by atoms with Crippen molar-refractivity contribution in [2.45, 2.75) is 39.8 Å². The van der Waals surface area contributed by atoms with Crippen molar-refractivity contribution in [3.63, 3.8) is 0 Å². The number of fused-ring (bicyclic) bond motifs is 1. The SMILES string of the molecule is Cc1nc(N)c2c(n1)CN(C(C)C)CC2. The molecule has 4 heteroatoms. The molecule has 1 aliphatic rings. The lowest BCUT2D eigenvalue weighted by atomic mass is 10.0. The maximum atomic E-state index is 5.89. The zero-order valence-electron chi connectivity index (χ0n) is 9.62. The number of aryl methyl sites for hydroxylation is 1. The maximum Gasteiger partial charge on any atom is 0.130 e. The summed E-state index contributed by atoms with van der Waals surface area (Å²) in [6, 6.07) is 0.564. The third-order valence-corrected chi connectivity index (χ3v) is 2.97. The average Bonchev–Trinajstić information content (AvgIpc) is 2.16. The van der Waals surface area contributed by atoms with Gasteiger partial charge in [-0.25, -0.2) is 9.97 Å². The Balaban J connectivity index is 2.33. The van der Waals surface area contributed by atoms with Crippen molar-refractivity contribution in [3.05, 3.63) is 17.1 Å². The highest BCUT2D eigenvalue weighted by Gasteiger charge is 2.21. The van der Waals surface area contributed by atoms with Crippen LogP contribution in [0.4, 0.5) is 5.82 Å². The van der Waals surface area contributed by atoms with Crippen molar-refractivity contribution in [1.29, 1.82) is 0 Å². The molecule has 15 heavy (non-hydrogen) atoms. The molecule has 0 amide bonds. The largest absolute Gasteiger partial charge is 0.383 e. The van der Waals surface area contributed by atoms with Gasteiger partial charge in [0.1, 0.15) is 11.6 Å². The molecule has 1 aromatic heterocycles. The van der Waals surface area contributed by atoms with Crippen molar-refractivity contribution >= 4 is 5.82 Å². The number of hydrogen-bond acceptors (Lipinski definition) is 4. The van der Waals surface area contributed by atoms with E-state index in [9.17, 15) is 0 Å². The fourth-order valence-corrected chi connectivity index (χ4v) is 2.05. The minimum absolute atomic E-state index is 0.564. The van der Waals surface area contributed by atoms with E-state index in [2.05, 4.69) is 28.7 Å². The van der Waals surface area contributed by atoms with Crippen LogP contribution in [0.25, 0.3) is 0 Å². The molecule has 0 aliphatic carbocycles. The van der Waals surface area contributed by atoms with E-state index in [1.165, 1.54) is 0 Å². The predicted molar refractivity (Wildman–Crippen MR) is 60.4 cm³/mol. The molecule has 0 saturated carbocycles. The summed E-state index contributed by atoms with van der Waals surface area (Å²) in [6.45, 7) is 8.28. The first-order valence-electron chi connectivity index (χ1n) is 5.44. The highest BCUT2D eigenvalue weighted by Crippen LogP contribution is 2.22. The van der Waals surface area contributed by atoms with E-state index in [0.29, 0.717) is 11.9 Å². The summed E-state index contributed by atoms with van der Waals surface area (Å²) >= 11 is 0. The summed E-state index contributed by atoms with van der Waals surface area (Å²) in [4.78, 5) is 11.1. The Kier molecular flexibility index (Phi) is 2.61. The molecule has 2 heterocycles. The van der Waals surface area contributed by atoms with E-state index in [-0.39, 0.29) is 0 Å². The molecule has 1 aliphatic heterocycles. The summed E-state index contributed by atoms with van der Waals surface area (Å²) in [5, 5.41) is 0. The highest BCUT2D eigenvalue weighted by molar-refractivity contribution is 5.43. The second kappa shape index (κ2) is 3.77. The summed E-state index contributed by atoms with van der Waals surface area (Å²) in [6.07, 6.45) is 0.972. The summed E-state index contributed by atoms with van der Waals surface area (Å²) in [5.41, 5.74) is 8.16. The standard InChI is InChI=1S/C11H18N4/c1-7(2)15-5-4-9-10(6-15)13-8(3)14-11(9)12/h7H,4-6H2,1-3H3,(H2,12,13,14). The molecular formula is C11H18N4. The van der Waals surface area contributed by atoms with Gasteiger partial charge in [-0.05, 0) is 27.2 Å². The van der Waals surface area contributed by atoms with E-state index in [1.54, 1.807) is 0 Å². The number of aromatic nitrogens is 2. The molecule has 0 fully saturated rings. The van der Waals surface area contributed by atoms with E-state index in [0.717, 1.165) is 36.6 Å². The summed E-state index contributed by atoms with van der Waals surface area (Å²) < 4.78 is 0. The van der Waals surface area contributed by atoms with E-state index < -0.39 is 0 Å². The van der Waals surface area contributed by atoms with Crippen LogP contribution in [0.2, 0.25) is 0 Å². The van der Waals surface area contributed by atoms with Crippen LogP contribution in [0.3, 0.4) is 0 Å². The van der Waals surface area contributed by atoms with Gasteiger partial charge in [-0.2, -0.15) is 0 Å². The number of rotatable bonds is 1. The molecule has 2 rings (SSSR count). The Morgan fingerprint density at radius 3 is 2.73 bits per heavy atom. The molecule has 0 radical (unpaired) electrons. The summed E-state index contributed by atoms with van der Waals surface area (Å²) in [7, 11) is 0. The Morgan fingerprint density at radius 2 is 2.07 bits per heavy atom. The molecule has 0 bridgehead atoms. The van der Waals surface area contributed by atoms with Crippen LogP contribution in [0, 0.1) is 6.92 Å². The molecule has 0 saturated heterocycles. The quantitative estimate of drug-likeness (QED) is 0.748. The van der Waals surface area contributed by atoms with Gasteiger partial charge in [-0.1, -0.05) is 0 Å². The second-order valence-corrected chi connectivity index (χ2v) is 4.40. The lowest BCUT2D eigenvalue weighted by molar-refractivity contribution is 0.200. The van der Waals surface area contributed by atoms with Crippen molar-refractivity contribution in [1.82, 2.24) is 14.9 Å². The van der Waals surface area contributed by atoms with Crippen LogP contribution >= 0.6 is 0 Å². The van der Waals surface area contributed by atoms with Gasteiger partial charge in [-0.3, -0.25) is 4.90 Å². The van der Waals surface area contributed by atoms with Crippen LogP contribution in [0.5, 0.6) is 0 Å². The van der Waals surface area contributed by atoms with Crippen LogP contribution in [0.15, 0.2) is 0 Å². The van der Waals surface area contributed by atoms with Crippen molar-refractivity contribution in [2.75, 3.05) is 12.3 Å². The van der Waals surface area contributed by atoms with Gasteiger partial charge < -0.3 is 5.73 Å². The number of anilines is 1. The molecule has 4 nitrogen and oxygen atoms in total. The minimum atomic E-state index is 0.564. The Hall–Kier alpha value is -1.16. The number of nitrogen functional groups attached to an aromatic ring is 1. The molecule has 2 N–H and O–H groups in total. The number of hydrogen-bond donors (Lipinski definition) is 1. The number of nitrogens with zero attached hydrogens (tertiary/aromatic N) is 3. The van der Waals surface area contributed by atoms with Gasteiger partial charge >= 0.3 is 0 Å². The van der Waals surface area contributed by atoms with Crippen molar-refractivity contribution in [2.24, 2.45) is 0 Å². The van der Waals surface area contributed by atoms with Gasteiger partial charge in [0, 0.05) is 24.7 Å². The normalized spacial score (nSPS) is 16.8. The Morgan fingerprint density at radius 1 is 1.33 bits per heavy atom. The van der Waals surface area contributed by atoms with Gasteiger partial charge in [0.15, 0.2) is 0 Å². The fraction of sp³-hybridized carbons (Fsp3) is 0.636. The third-order valence-electron chi connectivity index (χ3n) is 2.97. The fourth-order valence-electron chi connectivity index (χ4n) is 2.05. The first kappa shape index (κ1) is 10.4. The van der Waals surface area contributed by atoms with Crippen molar-refractivity contribution < 1.29 is 0 Å². The molecule has 1 aromatic rings. The molecular weight excluding hydrogens is 188 g/mol. The van der Waals surface area contributed by atoms with E-state index >= 15 is 0 Å². The van der Waals surface area contributed by atoms with Gasteiger partial charge in [0.05, 0.1) is 5.69 Å². The van der Waals surface area contributed by atoms with Crippen molar-refractivity contribution in [3.8, 4) is 0 Å². The van der Waals surface area contributed by atoms with Gasteiger partial charge in [0.25, 0.3) is 0 Å².